The Morgan fingerprint density at radius 2 is 1.94 bits per heavy atom. The molecule has 0 unspecified atom stereocenters. The maximum absolute atomic E-state index is 13.2. The fraction of sp³-hybridized carbons (Fsp3) is 0.407. The number of aromatic nitrogens is 2. The van der Waals surface area contributed by atoms with E-state index in [-0.39, 0.29) is 5.92 Å². The van der Waals surface area contributed by atoms with Crippen molar-refractivity contribution in [3.63, 3.8) is 0 Å². The van der Waals surface area contributed by atoms with Crippen LogP contribution in [0.1, 0.15) is 37.8 Å². The van der Waals surface area contributed by atoms with Gasteiger partial charge in [-0.2, -0.15) is 0 Å². The number of carbonyl (C=O) groups excluding carboxylic acids is 1. The molecule has 2 heterocycles. The van der Waals surface area contributed by atoms with Crippen LogP contribution in [0.4, 0.5) is 0 Å². The predicted molar refractivity (Wildman–Crippen MR) is 135 cm³/mol. The number of carbonyl (C=O) groups is 1. The van der Waals surface area contributed by atoms with Crippen LogP contribution >= 0.6 is 11.3 Å². The molecule has 2 aromatic heterocycles. The minimum atomic E-state index is 0.186. The summed E-state index contributed by atoms with van der Waals surface area (Å²) in [6.07, 6.45) is 8.61. The molecule has 33 heavy (non-hydrogen) atoms. The Hall–Kier alpha value is -2.70. The smallest absolute Gasteiger partial charge is 0.225 e. The van der Waals surface area contributed by atoms with Crippen LogP contribution in [0.15, 0.2) is 54.0 Å². The number of rotatable bonds is 8. The van der Waals surface area contributed by atoms with Gasteiger partial charge >= 0.3 is 0 Å². The first-order valence-corrected chi connectivity index (χ1v) is 12.8. The number of hydrogen-bond acceptors (Lipinski definition) is 4. The maximum atomic E-state index is 13.2. The topological polar surface area (TPSA) is 46.8 Å². The number of nitrogens with zero attached hydrogens (tertiary/aromatic N) is 3. The van der Waals surface area contributed by atoms with Gasteiger partial charge in [-0.3, -0.25) is 9.20 Å². The molecule has 172 valence electrons. The van der Waals surface area contributed by atoms with Crippen molar-refractivity contribution >= 4 is 33.0 Å². The highest BCUT2D eigenvalue weighted by Gasteiger charge is 2.26. The number of benzene rings is 2. The third-order valence-corrected chi connectivity index (χ3v) is 7.69. The number of hydrogen-bond donors (Lipinski definition) is 0. The van der Waals surface area contributed by atoms with Gasteiger partial charge in [-0.15, -0.1) is 11.3 Å². The van der Waals surface area contributed by atoms with E-state index in [1.54, 1.807) is 18.4 Å². The molecule has 2 aromatic carbocycles. The maximum Gasteiger partial charge on any atom is 0.225 e. The zero-order valence-corrected chi connectivity index (χ0v) is 20.0. The summed E-state index contributed by atoms with van der Waals surface area (Å²) in [7, 11) is 1.70. The van der Waals surface area contributed by atoms with E-state index < -0.39 is 0 Å². The number of methoxy groups -OCH3 is 1. The second-order valence-electron chi connectivity index (χ2n) is 8.97. The molecule has 5 rings (SSSR count). The Kier molecular flexibility index (Phi) is 6.74. The molecule has 4 aromatic rings. The molecule has 1 saturated carbocycles. The molecule has 1 aliphatic rings. The second-order valence-corrected chi connectivity index (χ2v) is 9.81. The minimum absolute atomic E-state index is 0.186. The molecule has 1 amide bonds. The largest absolute Gasteiger partial charge is 0.383 e. The SMILES string of the molecule is COCCN(CCc1csc2nc(-c3ccc4ccccc4c3)cn12)C(=O)C1CCCCC1. The first kappa shape index (κ1) is 22.1. The van der Waals surface area contributed by atoms with E-state index in [4.69, 9.17) is 9.72 Å². The fourth-order valence-corrected chi connectivity index (χ4v) is 5.80. The molecule has 6 heteroatoms. The van der Waals surface area contributed by atoms with E-state index in [9.17, 15) is 4.79 Å². The molecule has 0 N–H and O–H groups in total. The average Bonchev–Trinajstić information content (AvgIpc) is 3.45. The summed E-state index contributed by atoms with van der Waals surface area (Å²) < 4.78 is 7.48. The summed E-state index contributed by atoms with van der Waals surface area (Å²) in [5.74, 6) is 0.492. The van der Waals surface area contributed by atoms with E-state index in [0.717, 1.165) is 35.5 Å². The summed E-state index contributed by atoms with van der Waals surface area (Å²) in [5, 5.41) is 4.63. The van der Waals surface area contributed by atoms with Gasteiger partial charge in [0.2, 0.25) is 5.91 Å². The van der Waals surface area contributed by atoms with Gasteiger partial charge in [0.05, 0.1) is 12.3 Å². The van der Waals surface area contributed by atoms with E-state index in [2.05, 4.69) is 58.4 Å². The zero-order chi connectivity index (χ0) is 22.6. The molecule has 0 radical (unpaired) electrons. The van der Waals surface area contributed by atoms with Crippen LogP contribution in [0.2, 0.25) is 0 Å². The van der Waals surface area contributed by atoms with Crippen LogP contribution in [-0.4, -0.2) is 47.0 Å². The van der Waals surface area contributed by atoms with Crippen LogP contribution in [0.25, 0.3) is 27.0 Å². The Labute approximate surface area is 199 Å². The highest BCUT2D eigenvalue weighted by molar-refractivity contribution is 7.15. The second kappa shape index (κ2) is 10.1. The quantitative estimate of drug-likeness (QED) is 0.332. The van der Waals surface area contributed by atoms with Crippen molar-refractivity contribution in [2.45, 2.75) is 38.5 Å². The van der Waals surface area contributed by atoms with Crippen LogP contribution in [0.3, 0.4) is 0 Å². The third kappa shape index (κ3) is 4.82. The van der Waals surface area contributed by atoms with E-state index in [0.29, 0.717) is 25.6 Å². The lowest BCUT2D eigenvalue weighted by molar-refractivity contribution is -0.137. The van der Waals surface area contributed by atoms with Gasteiger partial charge < -0.3 is 9.64 Å². The van der Waals surface area contributed by atoms with Gasteiger partial charge in [0.25, 0.3) is 0 Å². The number of amides is 1. The normalized spacial score (nSPS) is 14.8. The monoisotopic (exact) mass is 461 g/mol. The lowest BCUT2D eigenvalue weighted by Gasteiger charge is -2.29. The summed E-state index contributed by atoms with van der Waals surface area (Å²) in [6.45, 7) is 1.95. The van der Waals surface area contributed by atoms with Gasteiger partial charge in [-0.05, 0) is 29.7 Å². The van der Waals surface area contributed by atoms with Gasteiger partial charge in [-0.25, -0.2) is 4.98 Å². The molecule has 1 aliphatic carbocycles. The molecular weight excluding hydrogens is 430 g/mol. The lowest BCUT2D eigenvalue weighted by Crippen LogP contribution is -2.40. The number of imidazole rings is 1. The summed E-state index contributed by atoms with van der Waals surface area (Å²) in [4.78, 5) is 21.1. The van der Waals surface area contributed by atoms with Crippen molar-refractivity contribution in [3.05, 3.63) is 59.7 Å². The molecule has 0 saturated heterocycles. The lowest BCUT2D eigenvalue weighted by atomic mass is 9.88. The van der Waals surface area contributed by atoms with Crippen molar-refractivity contribution in [1.82, 2.24) is 14.3 Å². The van der Waals surface area contributed by atoms with Crippen LogP contribution < -0.4 is 0 Å². The summed E-state index contributed by atoms with van der Waals surface area (Å²) in [6, 6.07) is 14.9. The zero-order valence-electron chi connectivity index (χ0n) is 19.2. The number of ether oxygens (including phenoxy) is 1. The molecular formula is C27H31N3O2S. The Bertz CT molecular complexity index is 1240. The molecule has 0 spiro atoms. The Morgan fingerprint density at radius 3 is 2.76 bits per heavy atom. The molecule has 5 nitrogen and oxygen atoms in total. The van der Waals surface area contributed by atoms with E-state index in [1.165, 1.54) is 35.7 Å². The fourth-order valence-electron chi connectivity index (χ4n) is 4.89. The Balaban J connectivity index is 1.33. The van der Waals surface area contributed by atoms with Crippen LogP contribution in [0, 0.1) is 5.92 Å². The molecule has 0 bridgehead atoms. The highest BCUT2D eigenvalue weighted by atomic mass is 32.1. The van der Waals surface area contributed by atoms with Crippen LogP contribution in [0.5, 0.6) is 0 Å². The minimum Gasteiger partial charge on any atom is -0.383 e. The van der Waals surface area contributed by atoms with Crippen molar-refractivity contribution in [2.24, 2.45) is 5.92 Å². The van der Waals surface area contributed by atoms with Gasteiger partial charge in [0.1, 0.15) is 0 Å². The van der Waals surface area contributed by atoms with Crippen molar-refractivity contribution in [2.75, 3.05) is 26.8 Å². The van der Waals surface area contributed by atoms with Crippen molar-refractivity contribution in [1.29, 1.82) is 0 Å². The molecule has 1 fully saturated rings. The number of thiazole rings is 1. The van der Waals surface area contributed by atoms with Gasteiger partial charge in [0.15, 0.2) is 4.96 Å². The first-order chi connectivity index (χ1) is 16.2. The van der Waals surface area contributed by atoms with E-state index in [1.807, 2.05) is 4.90 Å². The average molecular weight is 462 g/mol. The molecule has 0 aliphatic heterocycles. The standard InChI is InChI=1S/C27H31N3O2S/c1-32-16-15-29(26(31)21-8-3-2-4-9-21)14-13-24-19-33-27-28-25(18-30(24)27)23-12-11-20-7-5-6-10-22(20)17-23/h5-7,10-12,17-19,21H,2-4,8-9,13-16H2,1H3. The van der Waals surface area contributed by atoms with E-state index >= 15 is 0 Å². The van der Waals surface area contributed by atoms with Crippen molar-refractivity contribution < 1.29 is 9.53 Å². The van der Waals surface area contributed by atoms with Gasteiger partial charge in [-0.1, -0.05) is 55.7 Å². The summed E-state index contributed by atoms with van der Waals surface area (Å²) >= 11 is 1.66. The third-order valence-electron chi connectivity index (χ3n) is 6.80. The summed E-state index contributed by atoms with van der Waals surface area (Å²) in [5.41, 5.74) is 3.32. The van der Waals surface area contributed by atoms with Crippen LogP contribution in [-0.2, 0) is 16.0 Å². The molecule has 0 atom stereocenters. The Morgan fingerprint density at radius 1 is 1.12 bits per heavy atom. The van der Waals surface area contributed by atoms with Crippen molar-refractivity contribution in [3.8, 4) is 11.3 Å². The predicted octanol–water partition coefficient (Wildman–Crippen LogP) is 5.81. The first-order valence-electron chi connectivity index (χ1n) is 12.0. The number of fused-ring (bicyclic) bond motifs is 2. The van der Waals surface area contributed by atoms with Gasteiger partial charge in [0, 0.05) is 55.4 Å². The highest BCUT2D eigenvalue weighted by Crippen LogP contribution is 2.28.